The maximum absolute atomic E-state index is 11.1. The van der Waals surface area contributed by atoms with Crippen molar-refractivity contribution in [3.63, 3.8) is 0 Å². The molecule has 1 unspecified atom stereocenters. The molecule has 0 spiro atoms. The van der Waals surface area contributed by atoms with Crippen molar-refractivity contribution in [3.05, 3.63) is 99.4 Å². The summed E-state index contributed by atoms with van der Waals surface area (Å²) in [4.78, 5) is 15.7. The van der Waals surface area contributed by atoms with Gasteiger partial charge in [0.1, 0.15) is 29.6 Å². The van der Waals surface area contributed by atoms with Gasteiger partial charge in [0.05, 0.1) is 15.6 Å². The highest BCUT2D eigenvalue weighted by Crippen LogP contribution is 2.40. The van der Waals surface area contributed by atoms with Gasteiger partial charge in [0, 0.05) is 5.41 Å². The molecule has 0 fully saturated rings. The minimum Gasteiger partial charge on any atom is -0.487 e. The van der Waals surface area contributed by atoms with Crippen LogP contribution in [0.25, 0.3) is 11.5 Å². The van der Waals surface area contributed by atoms with E-state index in [1.807, 2.05) is 43.3 Å². The van der Waals surface area contributed by atoms with E-state index < -0.39 is 12.1 Å². The monoisotopic (exact) mass is 567 g/mol. The van der Waals surface area contributed by atoms with Crippen molar-refractivity contribution in [1.82, 2.24) is 4.98 Å². The summed E-state index contributed by atoms with van der Waals surface area (Å²) in [5, 5.41) is 10.0. The number of carbonyl (C=O) groups is 1. The molecule has 1 heterocycles. The van der Waals surface area contributed by atoms with Crippen LogP contribution in [0.4, 0.5) is 0 Å². The van der Waals surface area contributed by atoms with E-state index in [2.05, 4.69) is 31.0 Å². The molecule has 1 N–H and O–H groups in total. The minimum atomic E-state index is -0.998. The quantitative estimate of drug-likeness (QED) is 0.195. The first-order chi connectivity index (χ1) is 18.7. The third-order valence-corrected chi connectivity index (χ3v) is 7.76. The Labute approximate surface area is 238 Å². The molecular formula is C31H31Cl2NO5. The Balaban J connectivity index is 1.49. The zero-order valence-corrected chi connectivity index (χ0v) is 23.8. The molecule has 0 saturated heterocycles. The number of hydrogen-bond acceptors (Lipinski definition) is 5. The lowest BCUT2D eigenvalue weighted by atomic mass is 9.70. The van der Waals surface area contributed by atoms with Crippen molar-refractivity contribution >= 4 is 29.2 Å². The number of ether oxygens (including phenoxy) is 2. The molecular weight excluding hydrogens is 537 g/mol. The van der Waals surface area contributed by atoms with E-state index in [0.717, 1.165) is 18.4 Å². The van der Waals surface area contributed by atoms with Crippen LogP contribution >= 0.6 is 23.2 Å². The number of carboxylic acid groups (broad SMARTS) is 1. The zero-order chi connectivity index (χ0) is 28.2. The Hall–Kier alpha value is -3.48. The summed E-state index contributed by atoms with van der Waals surface area (Å²) in [6.45, 7) is 7.92. The van der Waals surface area contributed by atoms with Crippen LogP contribution in [0.2, 0.25) is 10.0 Å². The Morgan fingerprint density at radius 1 is 0.949 bits per heavy atom. The van der Waals surface area contributed by atoms with Crippen molar-refractivity contribution in [3.8, 4) is 23.0 Å². The molecule has 39 heavy (non-hydrogen) atoms. The molecule has 3 aromatic carbocycles. The second-order valence-corrected chi connectivity index (χ2v) is 10.2. The summed E-state index contributed by atoms with van der Waals surface area (Å²) in [7, 11) is 0. The van der Waals surface area contributed by atoms with Gasteiger partial charge in [-0.15, -0.1) is 0 Å². The SMILES string of the molecule is CCC(CC)(c1ccc(OCc2nc(-c3c(Cl)cccc3Cl)oc2C)cc1)c1ccc(OC(C)C(=O)O)cc1. The topological polar surface area (TPSA) is 81.8 Å². The van der Waals surface area contributed by atoms with Crippen molar-refractivity contribution < 1.29 is 23.8 Å². The van der Waals surface area contributed by atoms with E-state index >= 15 is 0 Å². The number of rotatable bonds is 11. The lowest BCUT2D eigenvalue weighted by Gasteiger charge is -2.33. The number of benzene rings is 3. The predicted molar refractivity (Wildman–Crippen MR) is 153 cm³/mol. The van der Waals surface area contributed by atoms with Crippen molar-refractivity contribution in [2.24, 2.45) is 0 Å². The fourth-order valence-corrected chi connectivity index (χ4v) is 5.29. The third-order valence-electron chi connectivity index (χ3n) is 7.13. The van der Waals surface area contributed by atoms with Crippen LogP contribution in [0.1, 0.15) is 56.2 Å². The number of carboxylic acids is 1. The van der Waals surface area contributed by atoms with E-state index in [1.165, 1.54) is 12.5 Å². The van der Waals surface area contributed by atoms with Gasteiger partial charge in [-0.25, -0.2) is 9.78 Å². The van der Waals surface area contributed by atoms with Crippen molar-refractivity contribution in [1.29, 1.82) is 0 Å². The number of aromatic nitrogens is 1. The number of oxazole rings is 1. The first-order valence-corrected chi connectivity index (χ1v) is 13.6. The van der Waals surface area contributed by atoms with Crippen LogP contribution < -0.4 is 9.47 Å². The van der Waals surface area contributed by atoms with Crippen LogP contribution in [0.5, 0.6) is 11.5 Å². The minimum absolute atomic E-state index is 0.207. The maximum atomic E-state index is 11.1. The van der Waals surface area contributed by atoms with Crippen LogP contribution in [0.15, 0.2) is 71.1 Å². The molecule has 8 heteroatoms. The van der Waals surface area contributed by atoms with E-state index in [4.69, 9.17) is 42.2 Å². The Morgan fingerprint density at radius 2 is 1.49 bits per heavy atom. The molecule has 0 aliphatic carbocycles. The van der Waals surface area contributed by atoms with Gasteiger partial charge in [0.25, 0.3) is 0 Å². The summed E-state index contributed by atoms with van der Waals surface area (Å²) in [5.74, 6) is 1.25. The number of halogens is 2. The van der Waals surface area contributed by atoms with Gasteiger partial charge >= 0.3 is 5.97 Å². The van der Waals surface area contributed by atoms with Gasteiger partial charge in [0.2, 0.25) is 5.89 Å². The average Bonchev–Trinajstić information content (AvgIpc) is 3.29. The number of aryl methyl sites for hydroxylation is 1. The molecule has 204 valence electrons. The fourth-order valence-electron chi connectivity index (χ4n) is 4.73. The van der Waals surface area contributed by atoms with Crippen molar-refractivity contribution in [2.75, 3.05) is 0 Å². The zero-order valence-electron chi connectivity index (χ0n) is 22.3. The van der Waals surface area contributed by atoms with Crippen LogP contribution in [-0.4, -0.2) is 22.2 Å². The highest BCUT2D eigenvalue weighted by atomic mass is 35.5. The van der Waals surface area contributed by atoms with Gasteiger partial charge in [-0.05, 0) is 74.2 Å². The third kappa shape index (κ3) is 6.07. The standard InChI is InChI=1S/C31H31Cl2NO5/c1-5-31(6-2,22-12-16-24(17-13-22)38-20(4)30(35)36)21-10-14-23(15-11-21)37-18-27-19(3)39-29(34-27)28-25(32)8-7-9-26(28)33/h7-17,20H,5-6,18H2,1-4H3,(H,35,36). The molecule has 4 rings (SSSR count). The largest absolute Gasteiger partial charge is 0.487 e. The highest BCUT2D eigenvalue weighted by molar-refractivity contribution is 6.38. The van der Waals surface area contributed by atoms with Gasteiger partial charge in [-0.2, -0.15) is 0 Å². The summed E-state index contributed by atoms with van der Waals surface area (Å²) in [6, 6.07) is 21.0. The molecule has 4 aromatic rings. The molecule has 1 aromatic heterocycles. The Bertz CT molecular complexity index is 1410. The highest BCUT2D eigenvalue weighted by Gasteiger charge is 2.31. The predicted octanol–water partition coefficient (Wildman–Crippen LogP) is 8.49. The maximum Gasteiger partial charge on any atom is 0.344 e. The van der Waals surface area contributed by atoms with Crippen LogP contribution in [0.3, 0.4) is 0 Å². The normalized spacial score (nSPS) is 12.3. The molecule has 6 nitrogen and oxygen atoms in total. The second-order valence-electron chi connectivity index (χ2n) is 9.34. The van der Waals surface area contributed by atoms with E-state index in [9.17, 15) is 4.79 Å². The molecule has 0 radical (unpaired) electrons. The number of aliphatic carboxylic acids is 1. The smallest absolute Gasteiger partial charge is 0.344 e. The molecule has 0 aliphatic rings. The van der Waals surface area contributed by atoms with Gasteiger partial charge < -0.3 is 19.0 Å². The van der Waals surface area contributed by atoms with Crippen LogP contribution in [0, 0.1) is 6.92 Å². The molecule has 0 saturated carbocycles. The first kappa shape index (κ1) is 28.5. The molecule has 0 aliphatic heterocycles. The molecule has 1 atom stereocenters. The summed E-state index contributed by atoms with van der Waals surface area (Å²) in [5.41, 5.74) is 3.33. The molecule has 0 bridgehead atoms. The lowest BCUT2D eigenvalue weighted by molar-refractivity contribution is -0.144. The van der Waals surface area contributed by atoms with Crippen LogP contribution in [-0.2, 0) is 16.8 Å². The molecule has 0 amide bonds. The number of hydrogen-bond donors (Lipinski definition) is 1. The summed E-state index contributed by atoms with van der Waals surface area (Å²) in [6.07, 6.45) is 0.870. The summed E-state index contributed by atoms with van der Waals surface area (Å²) < 4.78 is 17.4. The Kier molecular flexibility index (Phi) is 8.88. The number of nitrogens with zero attached hydrogens (tertiary/aromatic N) is 1. The van der Waals surface area contributed by atoms with Crippen molar-refractivity contribution in [2.45, 2.75) is 58.7 Å². The lowest BCUT2D eigenvalue weighted by Crippen LogP contribution is -2.26. The van der Waals surface area contributed by atoms with Gasteiger partial charge in [-0.3, -0.25) is 0 Å². The fraction of sp³-hybridized carbons (Fsp3) is 0.290. The summed E-state index contributed by atoms with van der Waals surface area (Å²) >= 11 is 12.6. The van der Waals surface area contributed by atoms with Gasteiger partial charge in [0.15, 0.2) is 6.10 Å². The average molecular weight is 568 g/mol. The van der Waals surface area contributed by atoms with Gasteiger partial charge in [-0.1, -0.05) is 67.4 Å². The Morgan fingerprint density at radius 3 is 2.00 bits per heavy atom. The second kappa shape index (κ2) is 12.1. The van der Waals surface area contributed by atoms with E-state index in [-0.39, 0.29) is 12.0 Å². The first-order valence-electron chi connectivity index (χ1n) is 12.8. The van der Waals surface area contributed by atoms with E-state index in [0.29, 0.717) is 44.5 Å². The van der Waals surface area contributed by atoms with E-state index in [1.54, 1.807) is 18.2 Å².